The summed E-state index contributed by atoms with van der Waals surface area (Å²) in [6, 6.07) is 10.1. The van der Waals surface area contributed by atoms with Gasteiger partial charge in [0.1, 0.15) is 18.5 Å². The van der Waals surface area contributed by atoms with Crippen molar-refractivity contribution in [2.75, 3.05) is 24.7 Å². The van der Waals surface area contributed by atoms with E-state index < -0.39 is 35.4 Å². The summed E-state index contributed by atoms with van der Waals surface area (Å²) in [5.74, 6) is -0.415. The highest BCUT2D eigenvalue weighted by atomic mass is 35.5. The maximum atomic E-state index is 14.1. The minimum atomic E-state index is -4.59. The number of carbonyl (C=O) groups is 1. The first-order valence-electron chi connectivity index (χ1n) is 12.7. The summed E-state index contributed by atoms with van der Waals surface area (Å²) in [4.78, 5) is 37.2. The number of rotatable bonds is 5. The van der Waals surface area contributed by atoms with Gasteiger partial charge < -0.3 is 15.4 Å². The number of thioether (sulfide) groups is 1. The number of nitrogens with zero attached hydrogens (tertiary/aromatic N) is 3. The van der Waals surface area contributed by atoms with Crippen molar-refractivity contribution in [2.45, 2.75) is 42.7 Å². The first kappa shape index (κ1) is 29.1. The van der Waals surface area contributed by atoms with Crippen molar-refractivity contribution in [3.05, 3.63) is 81.0 Å². The van der Waals surface area contributed by atoms with Crippen LogP contribution in [0.4, 0.5) is 18.9 Å². The Hall–Kier alpha value is -3.39. The van der Waals surface area contributed by atoms with Crippen LogP contribution in [0.15, 0.2) is 58.5 Å². The minimum absolute atomic E-state index is 0.0230. The SMILES string of the molecule is CSc1ccc(-c2ncnc3c(c(=O)n(CC(=O)Nc4ccc(C(F)(F)F)cc4Cl)[nH]2)C2(CCNCC2)OC3)cc1. The lowest BCUT2D eigenvalue weighted by atomic mass is 9.86. The fourth-order valence-electron chi connectivity index (χ4n) is 4.88. The third kappa shape index (κ3) is 6.27. The highest BCUT2D eigenvalue weighted by Gasteiger charge is 2.44. The van der Waals surface area contributed by atoms with Crippen molar-refractivity contribution < 1.29 is 22.7 Å². The molecule has 1 saturated heterocycles. The van der Waals surface area contributed by atoms with Crippen LogP contribution in [0.3, 0.4) is 0 Å². The maximum Gasteiger partial charge on any atom is 0.416 e. The molecule has 0 radical (unpaired) electrons. The number of amides is 1. The highest BCUT2D eigenvalue weighted by Crippen LogP contribution is 2.40. The van der Waals surface area contributed by atoms with E-state index >= 15 is 0 Å². The first-order chi connectivity index (χ1) is 19.6. The number of hydrogen-bond donors (Lipinski definition) is 3. The van der Waals surface area contributed by atoms with Gasteiger partial charge in [-0.05, 0) is 62.5 Å². The molecule has 0 unspecified atom stereocenters. The molecule has 9 nitrogen and oxygen atoms in total. The lowest BCUT2D eigenvalue weighted by Crippen LogP contribution is -2.43. The van der Waals surface area contributed by atoms with Gasteiger partial charge in [-0.15, -0.1) is 11.8 Å². The predicted octanol–water partition coefficient (Wildman–Crippen LogP) is 4.90. The fraction of sp³-hybridized carbons (Fsp3) is 0.333. The van der Waals surface area contributed by atoms with Crippen molar-refractivity contribution in [3.8, 4) is 11.4 Å². The zero-order valence-corrected chi connectivity index (χ0v) is 23.4. The Morgan fingerprint density at radius 1 is 1.17 bits per heavy atom. The van der Waals surface area contributed by atoms with Gasteiger partial charge in [0.15, 0.2) is 5.82 Å². The van der Waals surface area contributed by atoms with E-state index in [0.717, 1.165) is 27.8 Å². The third-order valence-electron chi connectivity index (χ3n) is 6.98. The Balaban J connectivity index is 1.58. The summed E-state index contributed by atoms with van der Waals surface area (Å²) < 4.78 is 46.4. The first-order valence-corrected chi connectivity index (χ1v) is 14.3. The van der Waals surface area contributed by atoms with Crippen LogP contribution in [0.2, 0.25) is 5.02 Å². The molecule has 2 aromatic carbocycles. The number of ether oxygens (including phenoxy) is 1. The number of H-pyrrole nitrogens is 1. The van der Waals surface area contributed by atoms with Crippen LogP contribution in [0.5, 0.6) is 0 Å². The number of fused-ring (bicyclic) bond motifs is 2. The summed E-state index contributed by atoms with van der Waals surface area (Å²) in [5.41, 5.74) is -0.931. The standard InChI is InChI=1S/C27H26ClF3N6O3S/c1-41-18-5-2-16(3-6-18)24-34-15-33-21-14-40-26(8-10-32-11-9-26)23(21)25(39)37(36-24)13-22(38)35-20-7-4-17(12-19(20)28)27(29,30)31/h2-7,12,15,32H,8-11,13-14H2,1H3,(H,35,38)(H,33,34,36). The number of nitrogens with one attached hydrogen (secondary N) is 3. The Kier molecular flexibility index (Phi) is 8.41. The molecule has 0 bridgehead atoms. The number of alkyl halides is 3. The fourth-order valence-corrected chi connectivity index (χ4v) is 5.52. The average molecular weight is 607 g/mol. The third-order valence-corrected chi connectivity index (χ3v) is 8.03. The molecule has 2 aliphatic rings. The molecule has 3 aromatic rings. The van der Waals surface area contributed by atoms with E-state index in [4.69, 9.17) is 16.3 Å². The molecule has 1 amide bonds. The van der Waals surface area contributed by atoms with Gasteiger partial charge >= 0.3 is 6.18 Å². The number of aromatic amines is 1. The van der Waals surface area contributed by atoms with Crippen LogP contribution < -0.4 is 16.2 Å². The van der Waals surface area contributed by atoms with E-state index in [9.17, 15) is 22.8 Å². The maximum absolute atomic E-state index is 14.1. The number of halogens is 4. The van der Waals surface area contributed by atoms with E-state index in [1.807, 2.05) is 30.5 Å². The average Bonchev–Trinajstić information content (AvgIpc) is 3.31. The number of aromatic nitrogens is 4. The molecule has 216 valence electrons. The second-order valence-electron chi connectivity index (χ2n) is 9.55. The normalized spacial score (nSPS) is 15.8. The lowest BCUT2D eigenvalue weighted by Gasteiger charge is -2.33. The Bertz CT molecular complexity index is 1570. The molecule has 41 heavy (non-hydrogen) atoms. The van der Waals surface area contributed by atoms with E-state index in [0.29, 0.717) is 42.8 Å². The van der Waals surface area contributed by atoms with E-state index in [1.54, 1.807) is 11.8 Å². The molecule has 3 heterocycles. The quantitative estimate of drug-likeness (QED) is 0.354. The van der Waals surface area contributed by atoms with Gasteiger partial charge in [0.05, 0.1) is 34.1 Å². The van der Waals surface area contributed by atoms with Gasteiger partial charge in [0, 0.05) is 10.5 Å². The molecule has 1 fully saturated rings. The summed E-state index contributed by atoms with van der Waals surface area (Å²) in [6.45, 7) is 0.880. The van der Waals surface area contributed by atoms with Gasteiger partial charge in [-0.1, -0.05) is 23.7 Å². The van der Waals surface area contributed by atoms with Gasteiger partial charge in [0.2, 0.25) is 5.91 Å². The molecular weight excluding hydrogens is 581 g/mol. The van der Waals surface area contributed by atoms with Gasteiger partial charge in [-0.3, -0.25) is 14.7 Å². The second-order valence-corrected chi connectivity index (χ2v) is 10.8. The molecule has 2 aliphatic heterocycles. The van der Waals surface area contributed by atoms with Crippen LogP contribution in [0, 0.1) is 0 Å². The Morgan fingerprint density at radius 3 is 2.56 bits per heavy atom. The van der Waals surface area contributed by atoms with Crippen molar-refractivity contribution in [2.24, 2.45) is 0 Å². The molecule has 5 rings (SSSR count). The molecule has 1 aromatic heterocycles. The summed E-state index contributed by atoms with van der Waals surface area (Å²) in [6.07, 6.45) is -0.208. The van der Waals surface area contributed by atoms with E-state index in [1.165, 1.54) is 6.33 Å². The number of carbonyl (C=O) groups excluding carboxylic acids is 1. The van der Waals surface area contributed by atoms with Crippen molar-refractivity contribution in [3.63, 3.8) is 0 Å². The number of benzene rings is 2. The van der Waals surface area contributed by atoms with Crippen LogP contribution >= 0.6 is 23.4 Å². The molecule has 0 saturated carbocycles. The summed E-state index contributed by atoms with van der Waals surface area (Å²) in [7, 11) is 0. The molecule has 14 heteroatoms. The summed E-state index contributed by atoms with van der Waals surface area (Å²) >= 11 is 7.61. The monoisotopic (exact) mass is 606 g/mol. The van der Waals surface area contributed by atoms with Crippen LogP contribution in [0.25, 0.3) is 11.4 Å². The predicted molar refractivity (Wildman–Crippen MR) is 149 cm³/mol. The number of piperidine rings is 1. The highest BCUT2D eigenvalue weighted by molar-refractivity contribution is 7.98. The topological polar surface area (TPSA) is 114 Å². The summed E-state index contributed by atoms with van der Waals surface area (Å²) in [5, 5.41) is 8.46. The lowest BCUT2D eigenvalue weighted by molar-refractivity contribution is -0.137. The molecule has 0 atom stereocenters. The smallest absolute Gasteiger partial charge is 0.364 e. The Labute approximate surface area is 242 Å². The van der Waals surface area contributed by atoms with E-state index in [2.05, 4.69) is 25.7 Å². The van der Waals surface area contributed by atoms with Gasteiger partial charge in [-0.2, -0.15) is 13.2 Å². The van der Waals surface area contributed by atoms with Crippen molar-refractivity contribution in [1.82, 2.24) is 25.1 Å². The van der Waals surface area contributed by atoms with Crippen LogP contribution in [0.1, 0.15) is 29.7 Å². The van der Waals surface area contributed by atoms with E-state index in [-0.39, 0.29) is 23.1 Å². The molecule has 3 N–H and O–H groups in total. The van der Waals surface area contributed by atoms with Crippen molar-refractivity contribution >= 4 is 35.0 Å². The molecule has 1 spiro atoms. The molecular formula is C27H26ClF3N6O3S. The zero-order chi connectivity index (χ0) is 29.2. The van der Waals surface area contributed by atoms with Gasteiger partial charge in [0.25, 0.3) is 5.56 Å². The second kappa shape index (κ2) is 11.8. The number of hydrogen-bond acceptors (Lipinski definition) is 7. The van der Waals surface area contributed by atoms with Crippen molar-refractivity contribution in [1.29, 1.82) is 0 Å². The largest absolute Gasteiger partial charge is 0.416 e. The minimum Gasteiger partial charge on any atom is -0.364 e. The van der Waals surface area contributed by atoms with Gasteiger partial charge in [-0.25, -0.2) is 14.6 Å². The van der Waals surface area contributed by atoms with Crippen LogP contribution in [-0.4, -0.2) is 45.0 Å². The Morgan fingerprint density at radius 2 is 1.90 bits per heavy atom. The molecule has 0 aliphatic carbocycles. The number of anilines is 1. The zero-order valence-electron chi connectivity index (χ0n) is 21.8. The van der Waals surface area contributed by atoms with Crippen LogP contribution in [-0.2, 0) is 34.5 Å².